The summed E-state index contributed by atoms with van der Waals surface area (Å²) in [5.41, 5.74) is 0. The van der Waals surface area contributed by atoms with E-state index < -0.39 is 5.82 Å². The van der Waals surface area contributed by atoms with Crippen LogP contribution in [0.1, 0.15) is 9.67 Å². The predicted octanol–water partition coefficient (Wildman–Crippen LogP) is 1.59. The number of hydrogen-bond donors (Lipinski definition) is 0. The zero-order chi connectivity index (χ0) is 8.43. The molecule has 2 nitrogen and oxygen atoms in total. The Kier molecular flexibility index (Phi) is 2.24. The van der Waals surface area contributed by atoms with Crippen molar-refractivity contribution in [2.24, 2.45) is 0 Å². The molecule has 0 saturated carbocycles. The highest BCUT2D eigenvalue weighted by Gasteiger charge is 2.13. The zero-order valence-corrected chi connectivity index (χ0v) is 7.11. The molecule has 0 radical (unpaired) electrons. The molecule has 0 bridgehead atoms. The SMILES string of the molecule is CN(C)C(=O)c1sccc1F. The van der Waals surface area contributed by atoms with Gasteiger partial charge in [0.2, 0.25) is 0 Å². The van der Waals surface area contributed by atoms with E-state index in [1.54, 1.807) is 19.5 Å². The first-order valence-corrected chi connectivity index (χ1v) is 3.95. The van der Waals surface area contributed by atoms with Gasteiger partial charge in [0.05, 0.1) is 0 Å². The molecule has 1 rings (SSSR count). The normalized spacial score (nSPS) is 9.73. The number of hydrogen-bond acceptors (Lipinski definition) is 2. The Bertz CT molecular complexity index is 269. The van der Waals surface area contributed by atoms with Gasteiger partial charge in [-0.3, -0.25) is 4.79 Å². The smallest absolute Gasteiger partial charge is 0.266 e. The summed E-state index contributed by atoms with van der Waals surface area (Å²) in [6.45, 7) is 0. The van der Waals surface area contributed by atoms with E-state index in [1.165, 1.54) is 11.0 Å². The van der Waals surface area contributed by atoms with E-state index in [9.17, 15) is 9.18 Å². The molecule has 0 fully saturated rings. The van der Waals surface area contributed by atoms with Crippen molar-refractivity contribution in [3.63, 3.8) is 0 Å². The topological polar surface area (TPSA) is 20.3 Å². The largest absolute Gasteiger partial charge is 0.344 e. The second-order valence-electron chi connectivity index (χ2n) is 2.30. The molecule has 0 atom stereocenters. The summed E-state index contributed by atoms with van der Waals surface area (Å²) >= 11 is 1.12. The highest BCUT2D eigenvalue weighted by atomic mass is 32.1. The molecule has 60 valence electrons. The second-order valence-corrected chi connectivity index (χ2v) is 3.21. The van der Waals surface area contributed by atoms with Crippen LogP contribution in [0.3, 0.4) is 0 Å². The van der Waals surface area contributed by atoms with E-state index in [-0.39, 0.29) is 10.8 Å². The van der Waals surface area contributed by atoms with Crippen molar-refractivity contribution in [3.05, 3.63) is 22.1 Å². The Morgan fingerprint density at radius 1 is 1.64 bits per heavy atom. The van der Waals surface area contributed by atoms with Gasteiger partial charge in [-0.2, -0.15) is 0 Å². The van der Waals surface area contributed by atoms with E-state index in [0.717, 1.165) is 11.3 Å². The van der Waals surface area contributed by atoms with Crippen LogP contribution >= 0.6 is 11.3 Å². The molecule has 0 N–H and O–H groups in total. The van der Waals surface area contributed by atoms with Gasteiger partial charge >= 0.3 is 0 Å². The highest BCUT2D eigenvalue weighted by molar-refractivity contribution is 7.12. The third-order valence-electron chi connectivity index (χ3n) is 1.22. The van der Waals surface area contributed by atoms with Crippen LogP contribution in [-0.2, 0) is 0 Å². The number of carbonyl (C=O) groups is 1. The zero-order valence-electron chi connectivity index (χ0n) is 6.30. The van der Waals surface area contributed by atoms with Gasteiger partial charge < -0.3 is 4.90 Å². The first-order chi connectivity index (χ1) is 5.13. The number of halogens is 1. The minimum absolute atomic E-state index is 0.176. The number of nitrogens with zero attached hydrogens (tertiary/aromatic N) is 1. The Hall–Kier alpha value is -0.900. The van der Waals surface area contributed by atoms with Crippen LogP contribution in [0.5, 0.6) is 0 Å². The summed E-state index contributed by atoms with van der Waals surface area (Å²) in [6.07, 6.45) is 0. The molecule has 1 amide bonds. The average Bonchev–Trinajstić information content (AvgIpc) is 2.33. The predicted molar refractivity (Wildman–Crippen MR) is 42.3 cm³/mol. The Labute approximate surface area is 68.3 Å². The third kappa shape index (κ3) is 1.57. The number of thiophene rings is 1. The maximum Gasteiger partial charge on any atom is 0.266 e. The maximum absolute atomic E-state index is 12.7. The molecule has 11 heavy (non-hydrogen) atoms. The molecule has 0 spiro atoms. The third-order valence-corrected chi connectivity index (χ3v) is 2.10. The fourth-order valence-corrected chi connectivity index (χ4v) is 1.44. The molecular formula is C7H8FNOS. The van der Waals surface area contributed by atoms with Crippen molar-refractivity contribution in [2.45, 2.75) is 0 Å². The standard InChI is InChI=1S/C7H8FNOS/c1-9(2)7(10)6-5(8)3-4-11-6/h3-4H,1-2H3. The fourth-order valence-electron chi connectivity index (χ4n) is 0.649. The molecule has 1 heterocycles. The lowest BCUT2D eigenvalue weighted by Gasteiger charge is -2.07. The van der Waals surface area contributed by atoms with Gasteiger partial charge in [0, 0.05) is 14.1 Å². The van der Waals surface area contributed by atoms with E-state index in [0.29, 0.717) is 0 Å². The van der Waals surface area contributed by atoms with Gasteiger partial charge in [0.1, 0.15) is 10.7 Å². The minimum atomic E-state index is -0.436. The van der Waals surface area contributed by atoms with Crippen LogP contribution < -0.4 is 0 Å². The van der Waals surface area contributed by atoms with Crippen molar-refractivity contribution in [2.75, 3.05) is 14.1 Å². The van der Waals surface area contributed by atoms with Gasteiger partial charge in [-0.15, -0.1) is 11.3 Å². The highest BCUT2D eigenvalue weighted by Crippen LogP contribution is 2.15. The van der Waals surface area contributed by atoms with Crippen LogP contribution in [0, 0.1) is 5.82 Å². The molecule has 0 unspecified atom stereocenters. The monoisotopic (exact) mass is 173 g/mol. The first kappa shape index (κ1) is 8.20. The lowest BCUT2D eigenvalue weighted by Crippen LogP contribution is -2.21. The Morgan fingerprint density at radius 3 is 2.64 bits per heavy atom. The molecule has 0 aromatic carbocycles. The molecule has 0 aliphatic rings. The van der Waals surface area contributed by atoms with Crippen molar-refractivity contribution in [3.8, 4) is 0 Å². The summed E-state index contributed by atoms with van der Waals surface area (Å²) < 4.78 is 12.7. The molecule has 0 saturated heterocycles. The molecule has 4 heteroatoms. The van der Waals surface area contributed by atoms with E-state index >= 15 is 0 Å². The van der Waals surface area contributed by atoms with Gasteiger partial charge in [-0.05, 0) is 11.4 Å². The number of carbonyl (C=O) groups excluding carboxylic acids is 1. The summed E-state index contributed by atoms with van der Waals surface area (Å²) in [6, 6.07) is 1.29. The number of amides is 1. The van der Waals surface area contributed by atoms with Crippen molar-refractivity contribution in [1.29, 1.82) is 0 Å². The summed E-state index contributed by atoms with van der Waals surface area (Å²) in [5, 5.41) is 1.56. The van der Waals surface area contributed by atoms with Crippen molar-refractivity contribution < 1.29 is 9.18 Å². The minimum Gasteiger partial charge on any atom is -0.344 e. The Morgan fingerprint density at radius 2 is 2.27 bits per heavy atom. The molecular weight excluding hydrogens is 165 g/mol. The van der Waals surface area contributed by atoms with Gasteiger partial charge in [0.15, 0.2) is 0 Å². The summed E-state index contributed by atoms with van der Waals surface area (Å²) in [4.78, 5) is 12.7. The van der Waals surface area contributed by atoms with Gasteiger partial charge in [-0.25, -0.2) is 4.39 Å². The van der Waals surface area contributed by atoms with Crippen LogP contribution in [-0.4, -0.2) is 24.9 Å². The van der Waals surface area contributed by atoms with Crippen molar-refractivity contribution >= 4 is 17.2 Å². The van der Waals surface area contributed by atoms with Crippen LogP contribution in [0.4, 0.5) is 4.39 Å². The first-order valence-electron chi connectivity index (χ1n) is 3.07. The number of rotatable bonds is 1. The molecule has 1 aromatic rings. The second kappa shape index (κ2) is 3.00. The Balaban J connectivity index is 2.93. The van der Waals surface area contributed by atoms with Gasteiger partial charge in [0.25, 0.3) is 5.91 Å². The molecule has 1 aromatic heterocycles. The van der Waals surface area contributed by atoms with Crippen LogP contribution in [0.2, 0.25) is 0 Å². The summed E-state index contributed by atoms with van der Waals surface area (Å²) in [7, 11) is 3.20. The quantitative estimate of drug-likeness (QED) is 0.631. The lowest BCUT2D eigenvalue weighted by atomic mass is 10.4. The van der Waals surface area contributed by atoms with Crippen LogP contribution in [0.15, 0.2) is 11.4 Å². The summed E-state index contributed by atoms with van der Waals surface area (Å²) in [5.74, 6) is -0.716. The van der Waals surface area contributed by atoms with E-state index in [4.69, 9.17) is 0 Å². The lowest BCUT2D eigenvalue weighted by molar-refractivity contribution is 0.0828. The fraction of sp³-hybridized carbons (Fsp3) is 0.286. The molecule has 0 aliphatic heterocycles. The molecule has 0 aliphatic carbocycles. The van der Waals surface area contributed by atoms with Crippen LogP contribution in [0.25, 0.3) is 0 Å². The average molecular weight is 173 g/mol. The van der Waals surface area contributed by atoms with E-state index in [2.05, 4.69) is 0 Å². The maximum atomic E-state index is 12.7. The van der Waals surface area contributed by atoms with Gasteiger partial charge in [-0.1, -0.05) is 0 Å². The van der Waals surface area contributed by atoms with Crippen molar-refractivity contribution in [1.82, 2.24) is 4.90 Å². The van der Waals surface area contributed by atoms with E-state index in [1.807, 2.05) is 0 Å².